The summed E-state index contributed by atoms with van der Waals surface area (Å²) in [4.78, 5) is 2.28. The third kappa shape index (κ3) is 4.87. The van der Waals surface area contributed by atoms with Crippen molar-refractivity contribution in [3.05, 3.63) is 35.9 Å². The van der Waals surface area contributed by atoms with Gasteiger partial charge in [-0.15, -0.1) is 0 Å². The fourth-order valence-electron chi connectivity index (χ4n) is 1.73. The number of nitriles is 1. The molecule has 3 heteroatoms. The van der Waals surface area contributed by atoms with Crippen LogP contribution in [-0.4, -0.2) is 37.6 Å². The van der Waals surface area contributed by atoms with Crippen molar-refractivity contribution in [1.82, 2.24) is 10.2 Å². The molecule has 1 aromatic rings. The summed E-state index contributed by atoms with van der Waals surface area (Å²) >= 11 is 0. The third-order valence-electron chi connectivity index (χ3n) is 3.42. The minimum atomic E-state index is -0.416. The molecule has 0 aliphatic rings. The van der Waals surface area contributed by atoms with Gasteiger partial charge in [-0.1, -0.05) is 30.3 Å². The van der Waals surface area contributed by atoms with E-state index in [-0.39, 0.29) is 0 Å². The highest BCUT2D eigenvalue weighted by Crippen LogP contribution is 2.08. The van der Waals surface area contributed by atoms with Gasteiger partial charge in [-0.2, -0.15) is 5.26 Å². The molecular formula is C15H23N3. The average molecular weight is 245 g/mol. The van der Waals surface area contributed by atoms with Gasteiger partial charge in [-0.3, -0.25) is 0 Å². The van der Waals surface area contributed by atoms with Gasteiger partial charge in [0.1, 0.15) is 5.54 Å². The maximum atomic E-state index is 9.08. The van der Waals surface area contributed by atoms with Gasteiger partial charge < -0.3 is 10.2 Å². The van der Waals surface area contributed by atoms with E-state index < -0.39 is 5.54 Å². The molecule has 1 N–H and O–H groups in total. The van der Waals surface area contributed by atoms with E-state index in [1.54, 1.807) is 0 Å². The first-order valence-corrected chi connectivity index (χ1v) is 6.42. The van der Waals surface area contributed by atoms with Gasteiger partial charge in [0.25, 0.3) is 0 Å². The smallest absolute Gasteiger partial charge is 0.104 e. The number of hydrogen-bond acceptors (Lipinski definition) is 3. The molecule has 0 amide bonds. The van der Waals surface area contributed by atoms with Crippen LogP contribution in [0.25, 0.3) is 0 Å². The van der Waals surface area contributed by atoms with Crippen LogP contribution in [0.4, 0.5) is 0 Å². The van der Waals surface area contributed by atoms with Crippen LogP contribution in [0, 0.1) is 11.3 Å². The Kier molecular flexibility index (Phi) is 5.84. The van der Waals surface area contributed by atoms with Crippen molar-refractivity contribution in [3.63, 3.8) is 0 Å². The van der Waals surface area contributed by atoms with Crippen LogP contribution < -0.4 is 5.32 Å². The predicted octanol–water partition coefficient (Wildman–Crippen LogP) is 2.05. The van der Waals surface area contributed by atoms with Crippen LogP contribution in [0.3, 0.4) is 0 Å². The van der Waals surface area contributed by atoms with Crippen LogP contribution in [0.5, 0.6) is 0 Å². The predicted molar refractivity (Wildman–Crippen MR) is 75.3 cm³/mol. The van der Waals surface area contributed by atoms with E-state index in [0.29, 0.717) is 0 Å². The molecule has 1 unspecified atom stereocenters. The molecule has 0 fully saturated rings. The largest absolute Gasteiger partial charge is 0.306 e. The lowest BCUT2D eigenvalue weighted by molar-refractivity contribution is 0.297. The van der Waals surface area contributed by atoms with E-state index in [1.807, 2.05) is 20.0 Å². The molecule has 3 nitrogen and oxygen atoms in total. The first kappa shape index (κ1) is 14.7. The van der Waals surface area contributed by atoms with Crippen LogP contribution in [-0.2, 0) is 6.42 Å². The number of nitrogens with zero attached hydrogens (tertiary/aromatic N) is 2. The highest BCUT2D eigenvalue weighted by molar-refractivity contribution is 5.14. The highest BCUT2D eigenvalue weighted by Gasteiger charge is 2.20. The van der Waals surface area contributed by atoms with E-state index in [2.05, 4.69) is 47.6 Å². The second-order valence-corrected chi connectivity index (χ2v) is 4.98. The lowest BCUT2D eigenvalue weighted by Crippen LogP contribution is -2.41. The van der Waals surface area contributed by atoms with Crippen molar-refractivity contribution in [1.29, 1.82) is 5.26 Å². The molecule has 0 aliphatic heterocycles. The molecule has 98 valence electrons. The Hall–Kier alpha value is -1.37. The number of hydrogen-bond donors (Lipinski definition) is 1. The van der Waals surface area contributed by atoms with Gasteiger partial charge >= 0.3 is 0 Å². The Balaban J connectivity index is 2.30. The zero-order chi connectivity index (χ0) is 13.4. The summed E-state index contributed by atoms with van der Waals surface area (Å²) in [7, 11) is 3.95. The van der Waals surface area contributed by atoms with Gasteiger partial charge in [0, 0.05) is 13.1 Å². The summed E-state index contributed by atoms with van der Waals surface area (Å²) in [5, 5.41) is 12.1. The van der Waals surface area contributed by atoms with Crippen molar-refractivity contribution in [2.24, 2.45) is 0 Å². The molecule has 0 heterocycles. The molecule has 1 rings (SSSR count). The standard InChI is InChI=1S/C15H23N3/c1-15(13-16,17-2)10-12-18(3)11-9-14-7-5-4-6-8-14/h4-8,17H,9-12H2,1-3H3. The second kappa shape index (κ2) is 7.15. The Bertz CT molecular complexity index is 382. The van der Waals surface area contributed by atoms with Crippen molar-refractivity contribution in [2.75, 3.05) is 27.2 Å². The van der Waals surface area contributed by atoms with E-state index in [0.717, 1.165) is 25.9 Å². The molecule has 0 aromatic heterocycles. The van der Waals surface area contributed by atoms with Crippen LogP contribution in [0.15, 0.2) is 30.3 Å². The summed E-state index contributed by atoms with van der Waals surface area (Å²) in [5.74, 6) is 0. The summed E-state index contributed by atoms with van der Waals surface area (Å²) in [6.07, 6.45) is 1.89. The fourth-order valence-corrected chi connectivity index (χ4v) is 1.73. The summed E-state index contributed by atoms with van der Waals surface area (Å²) in [6, 6.07) is 12.8. The fraction of sp³-hybridized carbons (Fsp3) is 0.533. The van der Waals surface area contributed by atoms with Gasteiger partial charge in [-0.05, 0) is 39.4 Å². The summed E-state index contributed by atoms with van der Waals surface area (Å²) in [5.41, 5.74) is 0.946. The Labute approximate surface area is 110 Å². The molecule has 0 saturated heterocycles. The Morgan fingerprint density at radius 1 is 1.28 bits per heavy atom. The number of rotatable bonds is 7. The van der Waals surface area contributed by atoms with E-state index in [1.165, 1.54) is 5.56 Å². The minimum absolute atomic E-state index is 0.416. The molecule has 1 atom stereocenters. The monoisotopic (exact) mass is 245 g/mol. The van der Waals surface area contributed by atoms with Crippen LogP contribution in [0.2, 0.25) is 0 Å². The lowest BCUT2D eigenvalue weighted by atomic mass is 10.00. The van der Waals surface area contributed by atoms with Crippen molar-refractivity contribution in [3.8, 4) is 6.07 Å². The number of likely N-dealkylation sites (N-methyl/N-ethyl adjacent to an activating group) is 1. The molecule has 0 aliphatic carbocycles. The summed E-state index contributed by atoms with van der Waals surface area (Å²) < 4.78 is 0. The van der Waals surface area contributed by atoms with Crippen molar-refractivity contribution >= 4 is 0 Å². The van der Waals surface area contributed by atoms with Crippen molar-refractivity contribution in [2.45, 2.75) is 25.3 Å². The molecular weight excluding hydrogens is 222 g/mol. The third-order valence-corrected chi connectivity index (χ3v) is 3.42. The second-order valence-electron chi connectivity index (χ2n) is 4.98. The van der Waals surface area contributed by atoms with Gasteiger partial charge in [0.05, 0.1) is 6.07 Å². The molecule has 0 bridgehead atoms. The van der Waals surface area contributed by atoms with Gasteiger partial charge in [0.15, 0.2) is 0 Å². The maximum absolute atomic E-state index is 9.08. The van der Waals surface area contributed by atoms with E-state index in [9.17, 15) is 0 Å². The molecule has 0 saturated carbocycles. The molecule has 0 spiro atoms. The quantitative estimate of drug-likeness (QED) is 0.799. The molecule has 18 heavy (non-hydrogen) atoms. The van der Waals surface area contributed by atoms with Gasteiger partial charge in [0.2, 0.25) is 0 Å². The first-order valence-electron chi connectivity index (χ1n) is 6.42. The zero-order valence-electron chi connectivity index (χ0n) is 11.6. The number of nitrogens with one attached hydrogen (secondary N) is 1. The minimum Gasteiger partial charge on any atom is -0.306 e. The Morgan fingerprint density at radius 3 is 2.50 bits per heavy atom. The number of benzene rings is 1. The SMILES string of the molecule is CNC(C)(C#N)CCN(C)CCc1ccccc1. The van der Waals surface area contributed by atoms with Crippen molar-refractivity contribution < 1.29 is 0 Å². The Morgan fingerprint density at radius 2 is 1.94 bits per heavy atom. The molecule has 0 radical (unpaired) electrons. The lowest BCUT2D eigenvalue weighted by Gasteiger charge is -2.24. The van der Waals surface area contributed by atoms with Gasteiger partial charge in [-0.25, -0.2) is 0 Å². The molecule has 1 aromatic carbocycles. The topological polar surface area (TPSA) is 39.1 Å². The zero-order valence-corrected chi connectivity index (χ0v) is 11.6. The normalized spacial score (nSPS) is 14.2. The van der Waals surface area contributed by atoms with E-state index >= 15 is 0 Å². The van der Waals surface area contributed by atoms with Crippen LogP contribution >= 0.6 is 0 Å². The van der Waals surface area contributed by atoms with Crippen LogP contribution in [0.1, 0.15) is 18.9 Å². The first-order chi connectivity index (χ1) is 8.59. The highest BCUT2D eigenvalue weighted by atomic mass is 15.1. The van der Waals surface area contributed by atoms with E-state index in [4.69, 9.17) is 5.26 Å². The maximum Gasteiger partial charge on any atom is 0.104 e. The summed E-state index contributed by atoms with van der Waals surface area (Å²) in [6.45, 7) is 3.89. The average Bonchev–Trinajstić information content (AvgIpc) is 2.43.